The van der Waals surface area contributed by atoms with Crippen LogP contribution < -0.4 is 0 Å². The van der Waals surface area contributed by atoms with E-state index in [1.54, 1.807) is 0 Å². The lowest BCUT2D eigenvalue weighted by Crippen LogP contribution is -2.71. The zero-order chi connectivity index (χ0) is 21.4. The Morgan fingerprint density at radius 1 is 1.34 bits per heavy atom. The van der Waals surface area contributed by atoms with Gasteiger partial charge in [0.1, 0.15) is 18.1 Å². The predicted octanol–water partition coefficient (Wildman–Crippen LogP) is 1.19. The second-order valence-corrected chi connectivity index (χ2v) is 10.2. The second kappa shape index (κ2) is 6.53. The maximum absolute atomic E-state index is 13.1. The minimum atomic E-state index is -1.32. The lowest BCUT2D eigenvalue weighted by atomic mass is 9.43. The molecule has 4 rings (SSSR count). The van der Waals surface area contributed by atoms with E-state index >= 15 is 0 Å². The summed E-state index contributed by atoms with van der Waals surface area (Å²) in [5.74, 6) is -2.20. The first-order valence-corrected chi connectivity index (χ1v) is 10.5. The van der Waals surface area contributed by atoms with Gasteiger partial charge >= 0.3 is 11.9 Å². The largest absolute Gasteiger partial charge is 0.464 e. The van der Waals surface area contributed by atoms with Crippen molar-refractivity contribution in [3.63, 3.8) is 0 Å². The molecule has 1 saturated heterocycles. The van der Waals surface area contributed by atoms with E-state index in [9.17, 15) is 24.9 Å². The molecule has 4 aliphatic rings. The van der Waals surface area contributed by atoms with Crippen molar-refractivity contribution in [2.24, 2.45) is 34.0 Å². The van der Waals surface area contributed by atoms with Gasteiger partial charge in [0.2, 0.25) is 0 Å². The van der Waals surface area contributed by atoms with E-state index in [0.29, 0.717) is 24.8 Å². The highest BCUT2D eigenvalue weighted by atomic mass is 16.6. The van der Waals surface area contributed by atoms with Crippen LogP contribution in [0.4, 0.5) is 0 Å². The van der Waals surface area contributed by atoms with E-state index in [-0.39, 0.29) is 30.5 Å². The van der Waals surface area contributed by atoms with Crippen LogP contribution in [0.3, 0.4) is 0 Å². The fourth-order valence-electron chi connectivity index (χ4n) is 7.38. The van der Waals surface area contributed by atoms with E-state index in [1.807, 2.05) is 13.8 Å². The highest BCUT2D eigenvalue weighted by Crippen LogP contribution is 2.69. The Balaban J connectivity index is 1.94. The predicted molar refractivity (Wildman–Crippen MR) is 102 cm³/mol. The summed E-state index contributed by atoms with van der Waals surface area (Å²) >= 11 is 0. The van der Waals surface area contributed by atoms with Crippen molar-refractivity contribution in [3.8, 4) is 0 Å². The average molecular weight is 408 g/mol. The van der Waals surface area contributed by atoms with Gasteiger partial charge in [0.05, 0.1) is 17.6 Å². The molecule has 162 valence electrons. The summed E-state index contributed by atoms with van der Waals surface area (Å²) in [6.45, 7) is 9.19. The minimum absolute atomic E-state index is 0.0498. The maximum atomic E-state index is 13.1. The Bertz CT molecular complexity index is 745. The molecule has 0 aromatic rings. The molecule has 0 radical (unpaired) electrons. The van der Waals surface area contributed by atoms with Crippen LogP contribution >= 0.6 is 0 Å². The first-order chi connectivity index (χ1) is 13.5. The van der Waals surface area contributed by atoms with Gasteiger partial charge in [-0.15, -0.1) is 0 Å². The summed E-state index contributed by atoms with van der Waals surface area (Å²) in [7, 11) is 0. The van der Waals surface area contributed by atoms with Gasteiger partial charge in [-0.05, 0) is 48.5 Å². The van der Waals surface area contributed by atoms with E-state index in [0.717, 1.165) is 6.42 Å². The molecular formula is C22H32O7. The molecule has 2 spiro atoms. The Kier molecular flexibility index (Phi) is 4.69. The van der Waals surface area contributed by atoms with Crippen molar-refractivity contribution in [1.29, 1.82) is 0 Å². The fraction of sp³-hybridized carbons (Fsp3) is 0.818. The SMILES string of the molecule is C=C1[C@@H]2C[C@H](O)[C@@H]3[C@](C2)(C(=O)OC[C@]32[C@@H](OC(C)=O)CCC(C)(C)[C@H]2CO)[C@@H]1O. The molecule has 3 N–H and O–H groups in total. The summed E-state index contributed by atoms with van der Waals surface area (Å²) < 4.78 is 11.5. The number of ether oxygens (including phenoxy) is 2. The number of hydrogen-bond donors (Lipinski definition) is 3. The van der Waals surface area contributed by atoms with Crippen LogP contribution in [0, 0.1) is 34.0 Å². The normalized spacial score (nSPS) is 48.2. The van der Waals surface area contributed by atoms with Crippen LogP contribution in [0.2, 0.25) is 0 Å². The van der Waals surface area contributed by atoms with E-state index < -0.39 is 47.0 Å². The van der Waals surface area contributed by atoms with Crippen LogP contribution in [-0.2, 0) is 19.1 Å². The molecular weight excluding hydrogens is 376 g/mol. The summed E-state index contributed by atoms with van der Waals surface area (Å²) in [6, 6.07) is 0. The van der Waals surface area contributed by atoms with Crippen molar-refractivity contribution < 1.29 is 34.4 Å². The number of esters is 2. The number of hydrogen-bond acceptors (Lipinski definition) is 7. The Hall–Kier alpha value is -1.44. The second-order valence-electron chi connectivity index (χ2n) is 10.2. The molecule has 7 heteroatoms. The van der Waals surface area contributed by atoms with Crippen molar-refractivity contribution in [2.45, 2.75) is 64.8 Å². The lowest BCUT2D eigenvalue weighted by molar-refractivity contribution is -0.274. The molecule has 4 fully saturated rings. The zero-order valence-electron chi connectivity index (χ0n) is 17.4. The molecule has 0 amide bonds. The number of cyclic esters (lactones) is 1. The number of carbonyl (C=O) groups excluding carboxylic acids is 2. The van der Waals surface area contributed by atoms with Crippen molar-refractivity contribution in [2.75, 3.05) is 13.2 Å². The van der Waals surface area contributed by atoms with Crippen molar-refractivity contribution in [1.82, 2.24) is 0 Å². The topological polar surface area (TPSA) is 113 Å². The summed E-state index contributed by atoms with van der Waals surface area (Å²) in [5.41, 5.74) is -2.07. The third-order valence-corrected chi connectivity index (χ3v) is 8.56. The van der Waals surface area contributed by atoms with Gasteiger partial charge in [-0.2, -0.15) is 0 Å². The maximum Gasteiger partial charge on any atom is 0.315 e. The molecule has 29 heavy (non-hydrogen) atoms. The number of rotatable bonds is 2. The van der Waals surface area contributed by atoms with Gasteiger partial charge in [0.25, 0.3) is 0 Å². The third kappa shape index (κ3) is 2.53. The van der Waals surface area contributed by atoms with Crippen LogP contribution in [0.15, 0.2) is 12.2 Å². The molecule has 0 aromatic carbocycles. The van der Waals surface area contributed by atoms with Gasteiger partial charge in [-0.1, -0.05) is 20.4 Å². The smallest absolute Gasteiger partial charge is 0.315 e. The van der Waals surface area contributed by atoms with Gasteiger partial charge < -0.3 is 24.8 Å². The Labute approximate surface area is 171 Å². The van der Waals surface area contributed by atoms with Gasteiger partial charge in [-0.25, -0.2) is 0 Å². The van der Waals surface area contributed by atoms with E-state index in [1.165, 1.54) is 6.92 Å². The van der Waals surface area contributed by atoms with E-state index in [4.69, 9.17) is 9.47 Å². The monoisotopic (exact) mass is 408 g/mol. The van der Waals surface area contributed by atoms with Gasteiger partial charge in [0, 0.05) is 19.4 Å². The molecule has 8 atom stereocenters. The summed E-state index contributed by atoms with van der Waals surface area (Å²) in [5, 5.41) is 32.9. The minimum Gasteiger partial charge on any atom is -0.464 e. The van der Waals surface area contributed by atoms with Crippen LogP contribution in [0.1, 0.15) is 46.5 Å². The summed E-state index contributed by atoms with van der Waals surface area (Å²) in [6.07, 6.45) is -0.616. The standard InChI is InChI=1S/C22H32O7/c1-11-13-7-14(25)17-21(8-13,18(11)26)19(27)28-10-22(17)15(9-23)20(3,4)6-5-16(22)29-12(2)24/h13-18,23,25-26H,1,5-10H2,2-4H3/t13-,14+,15-,16+,17-,18-,21+,22+/m1/s1. The number of aliphatic hydroxyl groups is 3. The third-order valence-electron chi connectivity index (χ3n) is 8.56. The van der Waals surface area contributed by atoms with Crippen LogP contribution in [0.25, 0.3) is 0 Å². The molecule has 1 heterocycles. The van der Waals surface area contributed by atoms with Crippen molar-refractivity contribution >= 4 is 11.9 Å². The van der Waals surface area contributed by atoms with Gasteiger partial charge in [0.15, 0.2) is 0 Å². The number of aliphatic hydroxyl groups excluding tert-OH is 3. The number of fused-ring (bicyclic) bond motifs is 2. The molecule has 7 nitrogen and oxygen atoms in total. The fourth-order valence-corrected chi connectivity index (χ4v) is 7.38. The first-order valence-electron chi connectivity index (χ1n) is 10.5. The average Bonchev–Trinajstić information content (AvgIpc) is 2.83. The quantitative estimate of drug-likeness (QED) is 0.465. The Morgan fingerprint density at radius 2 is 2.03 bits per heavy atom. The molecule has 1 aliphatic heterocycles. The molecule has 0 aromatic heterocycles. The first kappa shape index (κ1) is 20.8. The molecule has 3 aliphatic carbocycles. The van der Waals surface area contributed by atoms with Crippen LogP contribution in [-0.4, -0.2) is 58.8 Å². The lowest BCUT2D eigenvalue weighted by Gasteiger charge is -2.64. The highest BCUT2D eigenvalue weighted by molar-refractivity contribution is 5.81. The molecule has 3 saturated carbocycles. The van der Waals surface area contributed by atoms with Crippen LogP contribution in [0.5, 0.6) is 0 Å². The molecule has 0 unspecified atom stereocenters. The van der Waals surface area contributed by atoms with E-state index in [2.05, 4.69) is 6.58 Å². The number of carbonyl (C=O) groups is 2. The van der Waals surface area contributed by atoms with Crippen molar-refractivity contribution in [3.05, 3.63) is 12.2 Å². The molecule has 2 bridgehead atoms. The summed E-state index contributed by atoms with van der Waals surface area (Å²) in [4.78, 5) is 25.1. The zero-order valence-corrected chi connectivity index (χ0v) is 17.4. The highest BCUT2D eigenvalue weighted by Gasteiger charge is 2.76. The van der Waals surface area contributed by atoms with Gasteiger partial charge in [-0.3, -0.25) is 9.59 Å². The Morgan fingerprint density at radius 3 is 2.66 bits per heavy atom.